The number of hydrogen-bond acceptors (Lipinski definition) is 8. The number of piperazine rings is 1. The Morgan fingerprint density at radius 1 is 1.26 bits per heavy atom. The standard InChI is InChI=1S/C26H28FN5O5S/c1-3-30-13-17(23(34)16-11-18(27)20(12-19(16)30)31-9-7-28-8-10-31)25(36)29-32-22(33)14-38-26(32)15-5-4-6-21(37-2)24(15)35/h4-6,11-13,26,28,35H,3,7-10,14H2,1-2H3,(H,29,36). The molecule has 0 radical (unpaired) electrons. The number of methoxy groups -OCH3 is 1. The molecule has 3 heterocycles. The summed E-state index contributed by atoms with van der Waals surface area (Å²) in [6.45, 7) is 5.05. The maximum atomic E-state index is 15.2. The first-order valence-corrected chi connectivity index (χ1v) is 13.3. The van der Waals surface area contributed by atoms with E-state index in [0.29, 0.717) is 36.4 Å². The van der Waals surface area contributed by atoms with E-state index in [-0.39, 0.29) is 34.1 Å². The molecule has 0 saturated carbocycles. The summed E-state index contributed by atoms with van der Waals surface area (Å²) in [4.78, 5) is 41.3. The second-order valence-electron chi connectivity index (χ2n) is 8.98. The van der Waals surface area contributed by atoms with Crippen molar-refractivity contribution in [3.8, 4) is 11.5 Å². The van der Waals surface area contributed by atoms with Gasteiger partial charge in [-0.15, -0.1) is 11.8 Å². The molecule has 2 aliphatic rings. The molecule has 200 valence electrons. The molecule has 10 nitrogen and oxygen atoms in total. The Kier molecular flexibility index (Phi) is 7.17. The van der Waals surface area contributed by atoms with Gasteiger partial charge in [-0.25, -0.2) is 9.40 Å². The molecule has 2 fully saturated rings. The summed E-state index contributed by atoms with van der Waals surface area (Å²) in [5.41, 5.74) is 3.02. The van der Waals surface area contributed by atoms with E-state index in [1.54, 1.807) is 28.8 Å². The van der Waals surface area contributed by atoms with Crippen LogP contribution in [0, 0.1) is 5.82 Å². The lowest BCUT2D eigenvalue weighted by atomic mass is 10.1. The number of nitrogens with zero attached hydrogens (tertiary/aromatic N) is 3. The van der Waals surface area contributed by atoms with Crippen LogP contribution in [0.4, 0.5) is 10.1 Å². The van der Waals surface area contributed by atoms with Gasteiger partial charge in [-0.3, -0.25) is 19.8 Å². The van der Waals surface area contributed by atoms with E-state index in [1.165, 1.54) is 31.1 Å². The van der Waals surface area contributed by atoms with Gasteiger partial charge in [-0.2, -0.15) is 0 Å². The van der Waals surface area contributed by atoms with Crippen LogP contribution in [0.5, 0.6) is 11.5 Å². The number of para-hydroxylation sites is 1. The molecule has 12 heteroatoms. The molecule has 1 unspecified atom stereocenters. The van der Waals surface area contributed by atoms with Crippen LogP contribution in [-0.2, 0) is 11.3 Å². The van der Waals surface area contributed by atoms with Gasteiger partial charge in [0.25, 0.3) is 11.8 Å². The minimum absolute atomic E-state index is 0.0680. The summed E-state index contributed by atoms with van der Waals surface area (Å²) in [5.74, 6) is -1.56. The fourth-order valence-corrected chi connectivity index (χ4v) is 5.95. The van der Waals surface area contributed by atoms with E-state index in [9.17, 15) is 19.5 Å². The van der Waals surface area contributed by atoms with Crippen LogP contribution in [0.3, 0.4) is 0 Å². The van der Waals surface area contributed by atoms with Crippen LogP contribution >= 0.6 is 11.8 Å². The van der Waals surface area contributed by atoms with Crippen molar-refractivity contribution in [1.29, 1.82) is 0 Å². The number of fused-ring (bicyclic) bond motifs is 1. The molecule has 1 atom stereocenters. The van der Waals surface area contributed by atoms with Crippen molar-refractivity contribution < 1.29 is 23.8 Å². The van der Waals surface area contributed by atoms with E-state index in [0.717, 1.165) is 18.1 Å². The van der Waals surface area contributed by atoms with Crippen LogP contribution in [-0.4, -0.2) is 65.5 Å². The highest BCUT2D eigenvalue weighted by Gasteiger charge is 2.37. The quantitative estimate of drug-likeness (QED) is 0.435. The summed E-state index contributed by atoms with van der Waals surface area (Å²) in [7, 11) is 1.42. The first-order chi connectivity index (χ1) is 18.3. The molecule has 2 saturated heterocycles. The maximum Gasteiger partial charge on any atom is 0.275 e. The number of anilines is 1. The van der Waals surface area contributed by atoms with Gasteiger partial charge in [0.1, 0.15) is 16.8 Å². The van der Waals surface area contributed by atoms with Gasteiger partial charge in [0.05, 0.1) is 24.1 Å². The van der Waals surface area contributed by atoms with Crippen molar-refractivity contribution in [1.82, 2.24) is 20.3 Å². The van der Waals surface area contributed by atoms with Crippen molar-refractivity contribution >= 4 is 40.2 Å². The summed E-state index contributed by atoms with van der Waals surface area (Å²) in [6.07, 6.45) is 1.44. The van der Waals surface area contributed by atoms with Crippen LogP contribution in [0.1, 0.15) is 28.2 Å². The largest absolute Gasteiger partial charge is 0.504 e. The average molecular weight is 542 g/mol. The van der Waals surface area contributed by atoms with Gasteiger partial charge in [-0.1, -0.05) is 12.1 Å². The van der Waals surface area contributed by atoms with Crippen molar-refractivity contribution in [2.45, 2.75) is 18.8 Å². The predicted molar refractivity (Wildman–Crippen MR) is 143 cm³/mol. The van der Waals surface area contributed by atoms with Gasteiger partial charge in [0.2, 0.25) is 5.43 Å². The number of phenolic OH excluding ortho intramolecular Hbond substituents is 1. The van der Waals surface area contributed by atoms with Crippen molar-refractivity contribution in [3.05, 3.63) is 63.7 Å². The van der Waals surface area contributed by atoms with Crippen LogP contribution in [0.15, 0.2) is 41.3 Å². The number of carbonyl (C=O) groups excluding carboxylic acids is 2. The van der Waals surface area contributed by atoms with Crippen LogP contribution in [0.2, 0.25) is 0 Å². The lowest BCUT2D eigenvalue weighted by molar-refractivity contribution is -0.130. The zero-order chi connectivity index (χ0) is 27.0. The fraction of sp³-hybridized carbons (Fsp3) is 0.346. The zero-order valence-electron chi connectivity index (χ0n) is 21.0. The lowest BCUT2D eigenvalue weighted by Gasteiger charge is -2.30. The highest BCUT2D eigenvalue weighted by Crippen LogP contribution is 2.44. The second-order valence-corrected chi connectivity index (χ2v) is 10.1. The number of carbonyl (C=O) groups is 2. The molecular weight excluding hydrogens is 513 g/mol. The molecule has 3 aromatic rings. The minimum Gasteiger partial charge on any atom is -0.504 e. The molecular formula is C26H28FN5O5S. The Morgan fingerprint density at radius 2 is 2.03 bits per heavy atom. The Bertz CT molecular complexity index is 1470. The predicted octanol–water partition coefficient (Wildman–Crippen LogP) is 2.20. The molecule has 5 rings (SSSR count). The zero-order valence-corrected chi connectivity index (χ0v) is 21.8. The number of phenols is 1. The molecule has 1 aromatic heterocycles. The molecule has 0 bridgehead atoms. The molecule has 2 aromatic carbocycles. The maximum absolute atomic E-state index is 15.2. The second kappa shape index (κ2) is 10.5. The van der Waals surface area contributed by atoms with Crippen LogP contribution in [0.25, 0.3) is 10.9 Å². The number of nitrogens with one attached hydrogen (secondary N) is 2. The summed E-state index contributed by atoms with van der Waals surface area (Å²) in [6, 6.07) is 7.73. The SMILES string of the molecule is CCn1cc(C(=O)NN2C(=O)CSC2c2cccc(OC)c2O)c(=O)c2cc(F)c(N3CCNCC3)cc21. The number of aromatic hydroxyl groups is 1. The van der Waals surface area contributed by atoms with Crippen LogP contribution < -0.4 is 25.8 Å². The third-order valence-corrected chi connectivity index (χ3v) is 7.99. The summed E-state index contributed by atoms with van der Waals surface area (Å²) < 4.78 is 22.1. The number of hydrogen-bond donors (Lipinski definition) is 3. The summed E-state index contributed by atoms with van der Waals surface area (Å²) in [5, 5.41) is 14.3. The smallest absolute Gasteiger partial charge is 0.275 e. The van der Waals surface area contributed by atoms with E-state index in [2.05, 4.69) is 10.7 Å². The highest BCUT2D eigenvalue weighted by molar-refractivity contribution is 8.00. The van der Waals surface area contributed by atoms with E-state index >= 15 is 4.39 Å². The number of ether oxygens (including phenoxy) is 1. The Labute approximate surface area is 222 Å². The number of amides is 2. The third-order valence-electron chi connectivity index (χ3n) is 6.80. The summed E-state index contributed by atoms with van der Waals surface area (Å²) >= 11 is 1.22. The molecule has 2 aliphatic heterocycles. The molecule has 0 aliphatic carbocycles. The van der Waals surface area contributed by atoms with Gasteiger partial charge < -0.3 is 24.6 Å². The molecule has 0 spiro atoms. The number of pyridine rings is 1. The fourth-order valence-electron chi connectivity index (χ4n) is 4.82. The van der Waals surface area contributed by atoms with Gasteiger partial charge in [-0.05, 0) is 25.1 Å². The third kappa shape index (κ3) is 4.54. The number of aromatic nitrogens is 1. The van der Waals surface area contributed by atoms with Gasteiger partial charge in [0, 0.05) is 49.9 Å². The van der Waals surface area contributed by atoms with Crippen molar-refractivity contribution in [2.75, 3.05) is 43.9 Å². The topological polar surface area (TPSA) is 116 Å². The first-order valence-electron chi connectivity index (χ1n) is 12.3. The molecule has 38 heavy (non-hydrogen) atoms. The lowest BCUT2D eigenvalue weighted by Crippen LogP contribution is -2.46. The Balaban J connectivity index is 1.50. The average Bonchev–Trinajstić information content (AvgIpc) is 3.28. The molecule has 2 amide bonds. The van der Waals surface area contributed by atoms with Gasteiger partial charge in [0.15, 0.2) is 11.5 Å². The number of rotatable bonds is 6. The number of aryl methyl sites for hydroxylation is 1. The molecule has 3 N–H and O–H groups in total. The number of hydrazine groups is 1. The Morgan fingerprint density at radius 3 is 2.74 bits per heavy atom. The van der Waals surface area contributed by atoms with E-state index < -0.39 is 22.5 Å². The van der Waals surface area contributed by atoms with Crippen molar-refractivity contribution in [3.63, 3.8) is 0 Å². The minimum atomic E-state index is -0.797. The monoisotopic (exact) mass is 541 g/mol. The first kappa shape index (κ1) is 25.9. The number of thioether (sulfide) groups is 1. The Hall–Kier alpha value is -3.77. The van der Waals surface area contributed by atoms with Gasteiger partial charge >= 0.3 is 0 Å². The number of halogens is 1. The number of benzene rings is 2. The van der Waals surface area contributed by atoms with E-state index in [1.807, 2.05) is 11.8 Å². The van der Waals surface area contributed by atoms with E-state index in [4.69, 9.17) is 4.74 Å². The highest BCUT2D eigenvalue weighted by atomic mass is 32.2. The van der Waals surface area contributed by atoms with Crippen molar-refractivity contribution in [2.24, 2.45) is 0 Å². The normalized spacial score (nSPS) is 17.8.